The Balaban J connectivity index is -0.00000243. The van der Waals surface area contributed by atoms with Gasteiger partial charge in [0, 0.05) is 64.2 Å². The van der Waals surface area contributed by atoms with Crippen LogP contribution in [0.5, 0.6) is 0 Å². The van der Waals surface area contributed by atoms with E-state index in [4.69, 9.17) is 28.7 Å². The van der Waals surface area contributed by atoms with Crippen LogP contribution in [0, 0.1) is 0 Å². The van der Waals surface area contributed by atoms with E-state index >= 15 is 0 Å². The van der Waals surface area contributed by atoms with Crippen molar-refractivity contribution in [2.24, 2.45) is 28.7 Å². The molecule has 0 saturated carbocycles. The Hall–Kier alpha value is -3.26. The summed E-state index contributed by atoms with van der Waals surface area (Å²) in [5, 5.41) is 6.45. The molecule has 16 nitrogen and oxygen atoms in total. The summed E-state index contributed by atoms with van der Waals surface area (Å²) in [7, 11) is 0. The summed E-state index contributed by atoms with van der Waals surface area (Å²) in [6.07, 6.45) is 1.95. The number of hydrogen-bond donors (Lipinski definition) is 7. The van der Waals surface area contributed by atoms with Crippen LogP contribution in [-0.2, 0) is 30.4 Å². The van der Waals surface area contributed by atoms with E-state index in [1.807, 2.05) is 54.6 Å². The third-order valence-electron chi connectivity index (χ3n) is 8.37. The zero-order chi connectivity index (χ0) is 37.9. The molecule has 0 bridgehead atoms. The third kappa shape index (κ3) is 20.6. The van der Waals surface area contributed by atoms with Crippen molar-refractivity contribution in [2.75, 3.05) is 70.8 Å². The van der Waals surface area contributed by atoms with Crippen molar-refractivity contribution in [3.05, 3.63) is 72.4 Å². The molecule has 0 aliphatic heterocycles. The third-order valence-corrected chi connectivity index (χ3v) is 8.37. The Kier molecular flexibility index (Phi) is 35.5. The van der Waals surface area contributed by atoms with Gasteiger partial charge in [0.15, 0.2) is 0 Å². The number of fused-ring (bicyclic) bond motifs is 1. The fourth-order valence-corrected chi connectivity index (χ4v) is 5.54. The van der Waals surface area contributed by atoms with Gasteiger partial charge in [-0.05, 0) is 37.0 Å². The number of carbonyl (C=O) groups is 5. The molecule has 3 aromatic rings. The first-order valence-electron chi connectivity index (χ1n) is 17.5. The summed E-state index contributed by atoms with van der Waals surface area (Å²) in [6.45, 7) is 0.825. The lowest BCUT2D eigenvalue weighted by atomic mass is 10.0. The van der Waals surface area contributed by atoms with Gasteiger partial charge in [-0.2, -0.15) is 0 Å². The number of pyridine rings is 1. The molecule has 5 amide bonds. The summed E-state index contributed by atoms with van der Waals surface area (Å²) in [6, 6.07) is 16.7. The number of nitrogens with zero attached hydrogens (tertiary/aromatic N) is 4. The van der Waals surface area contributed by atoms with Crippen LogP contribution in [-0.4, -0.2) is 127 Å². The molecule has 1 aromatic heterocycles. The second-order valence-corrected chi connectivity index (χ2v) is 12.3. The highest BCUT2D eigenvalue weighted by atomic mass is 35.5. The number of para-hydroxylation sites is 1. The van der Waals surface area contributed by atoms with Crippen LogP contribution < -0.4 is 114 Å². The van der Waals surface area contributed by atoms with Crippen LogP contribution >= 0.6 is 0 Å². The second-order valence-electron chi connectivity index (χ2n) is 12.3. The van der Waals surface area contributed by atoms with Crippen LogP contribution in [0.25, 0.3) is 10.9 Å². The van der Waals surface area contributed by atoms with E-state index in [1.54, 1.807) is 12.3 Å². The average Bonchev–Trinajstić information content (AvgIpc) is 3.14. The monoisotopic (exact) mass is 929 g/mol. The summed E-state index contributed by atoms with van der Waals surface area (Å²) >= 11 is 0. The van der Waals surface area contributed by atoms with E-state index in [0.29, 0.717) is 12.1 Å². The lowest BCUT2D eigenvalue weighted by Crippen LogP contribution is -3.00. The molecule has 0 unspecified atom stereocenters. The normalized spacial score (nSPS) is 10.8. The summed E-state index contributed by atoms with van der Waals surface area (Å²) in [5.41, 5.74) is 31.1. The number of halogens is 6. The van der Waals surface area contributed by atoms with Crippen LogP contribution in [0.4, 0.5) is 5.69 Å². The van der Waals surface area contributed by atoms with Crippen LogP contribution in [0.2, 0.25) is 0 Å². The molecule has 0 fully saturated rings. The molecule has 12 N–H and O–H groups in total. The second kappa shape index (κ2) is 33.6. The molecular formula is C36H53Cl6N11O5-6. The summed E-state index contributed by atoms with van der Waals surface area (Å²) in [4.78, 5) is 75.1. The predicted octanol–water partition coefficient (Wildman–Crippen LogP) is -19.3. The van der Waals surface area contributed by atoms with E-state index in [1.165, 1.54) is 9.80 Å². The van der Waals surface area contributed by atoms with Gasteiger partial charge in [-0.1, -0.05) is 48.5 Å². The number of aromatic nitrogens is 1. The Bertz CT molecular complexity index is 1600. The topological polar surface area (TPSA) is 262 Å². The van der Waals surface area contributed by atoms with Crippen molar-refractivity contribution >= 4 is 46.1 Å². The highest BCUT2D eigenvalue weighted by molar-refractivity contribution is 5.99. The number of benzene rings is 2. The molecule has 2 atom stereocenters. The molecule has 0 aliphatic carbocycles. The van der Waals surface area contributed by atoms with Gasteiger partial charge < -0.3 is 128 Å². The fourth-order valence-electron chi connectivity index (χ4n) is 5.54. The number of rotatable bonds is 22. The summed E-state index contributed by atoms with van der Waals surface area (Å²) < 4.78 is 0. The lowest BCUT2D eigenvalue weighted by Gasteiger charge is -2.29. The van der Waals surface area contributed by atoms with Gasteiger partial charge in [-0.3, -0.25) is 29.0 Å². The van der Waals surface area contributed by atoms with Gasteiger partial charge in [-0.15, -0.1) is 0 Å². The molecule has 1 heterocycles. The molecule has 0 aliphatic rings. The quantitative estimate of drug-likeness (QED) is 0.0498. The zero-order valence-electron chi connectivity index (χ0n) is 31.9. The molecule has 0 saturated heterocycles. The van der Waals surface area contributed by atoms with Crippen LogP contribution in [0.3, 0.4) is 0 Å². The molecule has 0 spiro atoms. The maximum absolute atomic E-state index is 13.5. The largest absolute Gasteiger partial charge is 1.00 e. The standard InChI is InChI=1S/C36H53N11O5.6ClH/c37-14-18-45(19-15-38)33(49)24-47(25-34(50)46(20-16-39)21-17-40)32(48)13-11-29(41)35(51)44-31(12-10-26-6-2-1-3-7-26)36(52)43-28-22-27-8-4-5-9-30(27)42-23-28;;;;;;/h1-9,22-23,29,31H,10-21,24-25,37-41H2,(H,43,52)(H,44,51);6*1H/p-6/t29-,31-;;;;;;/m0....../s1. The highest BCUT2D eigenvalue weighted by Gasteiger charge is 2.28. The minimum absolute atomic E-state index is 0. The zero-order valence-corrected chi connectivity index (χ0v) is 36.4. The van der Waals surface area contributed by atoms with Crippen molar-refractivity contribution < 1.29 is 98.4 Å². The number of nitrogens with two attached hydrogens (primary N) is 5. The predicted molar refractivity (Wildman–Crippen MR) is 200 cm³/mol. The van der Waals surface area contributed by atoms with Crippen molar-refractivity contribution in [1.29, 1.82) is 0 Å². The molecule has 3 rings (SSSR count). The Morgan fingerprint density at radius 1 is 0.621 bits per heavy atom. The maximum Gasteiger partial charge on any atom is 0.247 e. The molecule has 58 heavy (non-hydrogen) atoms. The van der Waals surface area contributed by atoms with E-state index in [2.05, 4.69) is 15.6 Å². The van der Waals surface area contributed by atoms with Crippen molar-refractivity contribution in [2.45, 2.75) is 37.8 Å². The minimum Gasteiger partial charge on any atom is -1.00 e. The number of aryl methyl sites for hydroxylation is 1. The van der Waals surface area contributed by atoms with Gasteiger partial charge in [0.1, 0.15) is 19.1 Å². The Morgan fingerprint density at radius 3 is 1.64 bits per heavy atom. The van der Waals surface area contributed by atoms with Crippen molar-refractivity contribution in [3.63, 3.8) is 0 Å². The van der Waals surface area contributed by atoms with Crippen LogP contribution in [0.15, 0.2) is 66.9 Å². The number of nitrogens with one attached hydrogen (secondary N) is 2. The number of carbonyl (C=O) groups excluding carboxylic acids is 5. The molecule has 22 heteroatoms. The minimum atomic E-state index is -1.18. The fraction of sp³-hybridized carbons (Fsp3) is 0.444. The van der Waals surface area contributed by atoms with Crippen LogP contribution in [0.1, 0.15) is 24.8 Å². The van der Waals surface area contributed by atoms with E-state index in [9.17, 15) is 24.0 Å². The van der Waals surface area contributed by atoms with E-state index in [-0.39, 0.29) is 146 Å². The first kappa shape index (κ1) is 61.4. The first-order chi connectivity index (χ1) is 25.1. The van der Waals surface area contributed by atoms with Gasteiger partial charge in [0.05, 0.1) is 23.4 Å². The number of amides is 5. The SMILES string of the molecule is NCCN(CCN)C(=O)CN(CC(=O)N(CCN)CCN)C(=O)CC[C@H](N)C(=O)N[C@@H](CCc1ccccc1)C(=O)Nc1cnc2ccccc2c1.[Cl-].[Cl-].[Cl-].[Cl-].[Cl-].[Cl-]. The molecule has 330 valence electrons. The number of anilines is 1. The molecular weight excluding hydrogens is 879 g/mol. The Morgan fingerprint density at radius 2 is 1.12 bits per heavy atom. The van der Waals surface area contributed by atoms with Gasteiger partial charge in [-0.25, -0.2) is 0 Å². The lowest BCUT2D eigenvalue weighted by molar-refractivity contribution is -0.145. The van der Waals surface area contributed by atoms with Crippen molar-refractivity contribution in [1.82, 2.24) is 25.0 Å². The Labute approximate surface area is 377 Å². The maximum atomic E-state index is 13.5. The van der Waals surface area contributed by atoms with Gasteiger partial charge in [0.25, 0.3) is 0 Å². The van der Waals surface area contributed by atoms with E-state index in [0.717, 1.165) is 21.4 Å². The highest BCUT2D eigenvalue weighted by Crippen LogP contribution is 2.17. The smallest absolute Gasteiger partial charge is 0.247 e. The van der Waals surface area contributed by atoms with Gasteiger partial charge >= 0.3 is 0 Å². The first-order valence-corrected chi connectivity index (χ1v) is 17.5. The number of hydrogen-bond acceptors (Lipinski definition) is 11. The van der Waals surface area contributed by atoms with Crippen molar-refractivity contribution in [3.8, 4) is 0 Å². The molecule has 2 aromatic carbocycles. The molecule has 0 radical (unpaired) electrons. The van der Waals surface area contributed by atoms with Gasteiger partial charge in [0.2, 0.25) is 29.5 Å². The van der Waals surface area contributed by atoms with E-state index < -0.39 is 54.7 Å². The average molecular weight is 933 g/mol. The summed E-state index contributed by atoms with van der Waals surface area (Å²) in [5.74, 6) is -2.51.